The van der Waals surface area contributed by atoms with Crippen molar-refractivity contribution in [3.05, 3.63) is 11.1 Å². The zero-order valence-corrected chi connectivity index (χ0v) is 6.72. The summed E-state index contributed by atoms with van der Waals surface area (Å²) in [6.45, 7) is 8.16. The number of thiocarbonyl (C=S) groups is 1. The molecule has 0 spiro atoms. The second-order valence-electron chi connectivity index (χ2n) is 2.18. The van der Waals surface area contributed by atoms with Crippen molar-refractivity contribution in [3.8, 4) is 0 Å². The molecule has 0 rings (SSSR count). The van der Waals surface area contributed by atoms with E-state index in [1.807, 2.05) is 6.92 Å². The highest BCUT2D eigenvalue weighted by atomic mass is 32.1. The molecule has 0 saturated carbocycles. The standard InChI is InChI=1S/C7H12S/c1-5(2)6(3)7(4)8/h1-4H3. The van der Waals surface area contributed by atoms with E-state index in [0.29, 0.717) is 0 Å². The van der Waals surface area contributed by atoms with Crippen LogP contribution in [0, 0.1) is 0 Å². The average Bonchev–Trinajstić information content (AvgIpc) is 1.64. The first kappa shape index (κ1) is 7.83. The van der Waals surface area contributed by atoms with Crippen LogP contribution in [-0.4, -0.2) is 4.86 Å². The Labute approximate surface area is 56.6 Å². The smallest absolute Gasteiger partial charge is 0.0149 e. The van der Waals surface area contributed by atoms with Crippen LogP contribution in [0.25, 0.3) is 0 Å². The molecular formula is C7H12S. The molecule has 8 heavy (non-hydrogen) atoms. The summed E-state index contributed by atoms with van der Waals surface area (Å²) in [5.74, 6) is 0. The molecule has 0 saturated heterocycles. The highest BCUT2D eigenvalue weighted by Gasteiger charge is 1.90. The summed E-state index contributed by atoms with van der Waals surface area (Å²) < 4.78 is 0. The van der Waals surface area contributed by atoms with Crippen LogP contribution in [0.15, 0.2) is 11.1 Å². The van der Waals surface area contributed by atoms with E-state index in [1.54, 1.807) is 0 Å². The summed E-state index contributed by atoms with van der Waals surface area (Å²) in [5, 5.41) is 0. The maximum atomic E-state index is 4.94. The van der Waals surface area contributed by atoms with E-state index in [2.05, 4.69) is 20.8 Å². The first-order chi connectivity index (χ1) is 3.55. The maximum absolute atomic E-state index is 4.94. The fourth-order valence-corrected chi connectivity index (χ4v) is 0.556. The summed E-state index contributed by atoms with van der Waals surface area (Å²) in [7, 11) is 0. The molecule has 0 nitrogen and oxygen atoms in total. The zero-order chi connectivity index (χ0) is 6.73. The van der Waals surface area contributed by atoms with E-state index in [0.717, 1.165) is 4.86 Å². The van der Waals surface area contributed by atoms with Crippen LogP contribution >= 0.6 is 12.2 Å². The lowest BCUT2D eigenvalue weighted by molar-refractivity contribution is 1.32. The predicted octanol–water partition coefficient (Wildman–Crippen LogP) is 2.73. The third-order valence-corrected chi connectivity index (χ3v) is 1.58. The van der Waals surface area contributed by atoms with Crippen molar-refractivity contribution in [3.63, 3.8) is 0 Å². The van der Waals surface area contributed by atoms with E-state index in [4.69, 9.17) is 12.2 Å². The van der Waals surface area contributed by atoms with Gasteiger partial charge in [0.25, 0.3) is 0 Å². The highest BCUT2D eigenvalue weighted by Crippen LogP contribution is 2.03. The topological polar surface area (TPSA) is 0 Å². The van der Waals surface area contributed by atoms with Crippen molar-refractivity contribution in [2.24, 2.45) is 0 Å². The van der Waals surface area contributed by atoms with Gasteiger partial charge in [-0.3, -0.25) is 0 Å². The second kappa shape index (κ2) is 2.98. The molecule has 0 aliphatic heterocycles. The summed E-state index contributed by atoms with van der Waals surface area (Å²) in [4.78, 5) is 1.00. The Hall–Kier alpha value is -0.170. The van der Waals surface area contributed by atoms with E-state index >= 15 is 0 Å². The van der Waals surface area contributed by atoms with Gasteiger partial charge in [-0.25, -0.2) is 0 Å². The van der Waals surface area contributed by atoms with Gasteiger partial charge in [0.05, 0.1) is 0 Å². The van der Waals surface area contributed by atoms with Crippen LogP contribution in [-0.2, 0) is 0 Å². The van der Waals surface area contributed by atoms with Gasteiger partial charge < -0.3 is 0 Å². The van der Waals surface area contributed by atoms with Gasteiger partial charge >= 0.3 is 0 Å². The lowest BCUT2D eigenvalue weighted by atomic mass is 10.1. The van der Waals surface area contributed by atoms with Crippen molar-refractivity contribution in [1.29, 1.82) is 0 Å². The summed E-state index contributed by atoms with van der Waals surface area (Å²) in [6.07, 6.45) is 0. The van der Waals surface area contributed by atoms with Gasteiger partial charge in [0.1, 0.15) is 0 Å². The Morgan fingerprint density at radius 3 is 1.38 bits per heavy atom. The van der Waals surface area contributed by atoms with Crippen molar-refractivity contribution in [2.75, 3.05) is 0 Å². The summed E-state index contributed by atoms with van der Waals surface area (Å²) in [5.41, 5.74) is 2.57. The molecule has 0 bridgehead atoms. The molecule has 0 N–H and O–H groups in total. The number of hydrogen-bond acceptors (Lipinski definition) is 1. The third kappa shape index (κ3) is 2.22. The molecule has 0 radical (unpaired) electrons. The SMILES string of the molecule is CC(=S)C(C)=C(C)C. The quantitative estimate of drug-likeness (QED) is 0.386. The van der Waals surface area contributed by atoms with Crippen molar-refractivity contribution in [2.45, 2.75) is 27.7 Å². The van der Waals surface area contributed by atoms with E-state index in [9.17, 15) is 0 Å². The molecule has 0 aliphatic carbocycles. The molecule has 0 aliphatic rings. The van der Waals surface area contributed by atoms with Gasteiger partial charge in [-0.05, 0) is 33.3 Å². The molecule has 0 aromatic heterocycles. The van der Waals surface area contributed by atoms with Gasteiger partial charge in [-0.2, -0.15) is 0 Å². The number of rotatable bonds is 1. The Morgan fingerprint density at radius 2 is 1.38 bits per heavy atom. The molecule has 46 valence electrons. The molecule has 1 heteroatoms. The molecule has 0 amide bonds. The maximum Gasteiger partial charge on any atom is 0.0149 e. The molecular weight excluding hydrogens is 116 g/mol. The Kier molecular flexibility index (Phi) is 2.91. The van der Waals surface area contributed by atoms with Crippen molar-refractivity contribution in [1.82, 2.24) is 0 Å². The Morgan fingerprint density at radius 1 is 1.00 bits per heavy atom. The van der Waals surface area contributed by atoms with Crippen molar-refractivity contribution >= 4 is 17.1 Å². The third-order valence-electron chi connectivity index (χ3n) is 1.28. The Bertz CT molecular complexity index is 127. The van der Waals surface area contributed by atoms with Crippen LogP contribution in [0.1, 0.15) is 27.7 Å². The largest absolute Gasteiger partial charge is 0.0849 e. The minimum Gasteiger partial charge on any atom is -0.0849 e. The number of hydrogen-bond donors (Lipinski definition) is 0. The normalized spacial score (nSPS) is 8.50. The predicted molar refractivity (Wildman–Crippen MR) is 42.3 cm³/mol. The Balaban J connectivity index is 4.23. The monoisotopic (exact) mass is 128 g/mol. The van der Waals surface area contributed by atoms with Crippen LogP contribution < -0.4 is 0 Å². The highest BCUT2D eigenvalue weighted by molar-refractivity contribution is 7.80. The lowest BCUT2D eigenvalue weighted by Gasteiger charge is -1.97. The van der Waals surface area contributed by atoms with Gasteiger partial charge in [0.2, 0.25) is 0 Å². The van der Waals surface area contributed by atoms with E-state index < -0.39 is 0 Å². The van der Waals surface area contributed by atoms with Crippen LogP contribution in [0.4, 0.5) is 0 Å². The van der Waals surface area contributed by atoms with Crippen LogP contribution in [0.3, 0.4) is 0 Å². The molecule has 0 atom stereocenters. The fraction of sp³-hybridized carbons (Fsp3) is 0.571. The van der Waals surface area contributed by atoms with Gasteiger partial charge in [0, 0.05) is 4.86 Å². The summed E-state index contributed by atoms with van der Waals surface area (Å²) >= 11 is 4.94. The fourth-order valence-electron chi connectivity index (χ4n) is 0.352. The van der Waals surface area contributed by atoms with Gasteiger partial charge in [0.15, 0.2) is 0 Å². The van der Waals surface area contributed by atoms with Crippen LogP contribution in [0.5, 0.6) is 0 Å². The van der Waals surface area contributed by atoms with Gasteiger partial charge in [-0.1, -0.05) is 17.8 Å². The number of allylic oxidation sites excluding steroid dienone is 2. The second-order valence-corrected chi connectivity index (χ2v) is 2.79. The molecule has 0 unspecified atom stereocenters. The minimum atomic E-state index is 1.00. The van der Waals surface area contributed by atoms with Crippen molar-refractivity contribution < 1.29 is 0 Å². The molecule has 0 aromatic carbocycles. The van der Waals surface area contributed by atoms with Crippen LogP contribution in [0.2, 0.25) is 0 Å². The van der Waals surface area contributed by atoms with Gasteiger partial charge in [-0.15, -0.1) is 0 Å². The van der Waals surface area contributed by atoms with E-state index in [1.165, 1.54) is 11.1 Å². The van der Waals surface area contributed by atoms with E-state index in [-0.39, 0.29) is 0 Å². The average molecular weight is 128 g/mol. The lowest BCUT2D eigenvalue weighted by Crippen LogP contribution is -1.89. The summed E-state index contributed by atoms with van der Waals surface area (Å²) in [6, 6.07) is 0. The molecule has 0 heterocycles. The first-order valence-corrected chi connectivity index (χ1v) is 3.11. The molecule has 0 aromatic rings. The molecule has 0 fully saturated rings. The first-order valence-electron chi connectivity index (χ1n) is 2.70. The zero-order valence-electron chi connectivity index (χ0n) is 5.91. The minimum absolute atomic E-state index is 1.00.